The molecule has 0 heterocycles. The smallest absolute Gasteiger partial charge is 0.460 e. The van der Waals surface area contributed by atoms with Crippen molar-refractivity contribution in [2.75, 3.05) is 6.61 Å². The first-order valence-corrected chi connectivity index (χ1v) is 8.40. The molecular formula is C15H13F15O3. The van der Waals surface area contributed by atoms with Gasteiger partial charge < -0.3 is 4.74 Å². The maximum absolute atomic E-state index is 13.6. The second-order valence-electron chi connectivity index (χ2n) is 6.38. The molecule has 0 bridgehead atoms. The van der Waals surface area contributed by atoms with E-state index in [2.05, 4.69) is 4.74 Å². The molecule has 0 saturated carbocycles. The summed E-state index contributed by atoms with van der Waals surface area (Å²) < 4.78 is 199. The number of esters is 1. The monoisotopic (exact) mass is 526 g/mol. The van der Waals surface area contributed by atoms with Crippen LogP contribution in [0.25, 0.3) is 0 Å². The van der Waals surface area contributed by atoms with Crippen molar-refractivity contribution in [3.63, 3.8) is 0 Å². The van der Waals surface area contributed by atoms with Crippen LogP contribution in [0.15, 0.2) is 0 Å². The van der Waals surface area contributed by atoms with Crippen LogP contribution in [0.3, 0.4) is 0 Å². The molecule has 0 amide bonds. The van der Waals surface area contributed by atoms with E-state index in [1.807, 2.05) is 0 Å². The Labute approximate surface area is 174 Å². The number of unbranched alkanes of at least 4 members (excludes halogenated alkanes) is 1. The van der Waals surface area contributed by atoms with Crippen LogP contribution in [-0.2, 0) is 14.3 Å². The molecule has 0 rings (SSSR count). The van der Waals surface area contributed by atoms with Gasteiger partial charge in [0.25, 0.3) is 0 Å². The van der Waals surface area contributed by atoms with Crippen LogP contribution in [-0.4, -0.2) is 60.1 Å². The number of alkyl halides is 15. The van der Waals surface area contributed by atoms with E-state index in [1.54, 1.807) is 0 Å². The Kier molecular flexibility index (Phi) is 8.84. The van der Waals surface area contributed by atoms with Gasteiger partial charge in [-0.25, -0.2) is 0 Å². The Morgan fingerprint density at radius 3 is 1.33 bits per heavy atom. The van der Waals surface area contributed by atoms with E-state index in [-0.39, 0.29) is 6.61 Å². The van der Waals surface area contributed by atoms with Gasteiger partial charge in [-0.05, 0) is 19.8 Å². The van der Waals surface area contributed by atoms with Gasteiger partial charge in [0.15, 0.2) is 0 Å². The van der Waals surface area contributed by atoms with Crippen molar-refractivity contribution >= 4 is 11.8 Å². The molecule has 3 nitrogen and oxygen atoms in total. The fourth-order valence-corrected chi connectivity index (χ4v) is 2.09. The molecule has 0 radical (unpaired) electrons. The van der Waals surface area contributed by atoms with E-state index in [4.69, 9.17) is 0 Å². The summed E-state index contributed by atoms with van der Waals surface area (Å²) in [7, 11) is 0. The first-order chi connectivity index (χ1) is 14.4. The number of hydrogen-bond acceptors (Lipinski definition) is 3. The molecule has 0 spiro atoms. The molecule has 0 aromatic heterocycles. The maximum Gasteiger partial charge on any atom is 0.460 e. The lowest BCUT2D eigenvalue weighted by Gasteiger charge is -2.41. The van der Waals surface area contributed by atoms with Crippen LogP contribution in [0, 0.1) is 0 Å². The quantitative estimate of drug-likeness (QED) is 0.177. The van der Waals surface area contributed by atoms with Gasteiger partial charge in [-0.1, -0.05) is 0 Å². The molecular weight excluding hydrogens is 513 g/mol. The van der Waals surface area contributed by atoms with Gasteiger partial charge in [-0.3, -0.25) is 9.59 Å². The van der Waals surface area contributed by atoms with Crippen molar-refractivity contribution in [3.05, 3.63) is 0 Å². The van der Waals surface area contributed by atoms with Gasteiger partial charge in [0, 0.05) is 12.8 Å². The number of carbonyl (C=O) groups excluding carboxylic acids is 2. The molecule has 0 atom stereocenters. The van der Waals surface area contributed by atoms with Crippen molar-refractivity contribution in [1.29, 1.82) is 0 Å². The van der Waals surface area contributed by atoms with E-state index >= 15 is 0 Å². The largest absolute Gasteiger partial charge is 0.466 e. The lowest BCUT2D eigenvalue weighted by Crippen LogP contribution is -2.73. The molecule has 0 aliphatic rings. The van der Waals surface area contributed by atoms with Crippen LogP contribution in [0.4, 0.5) is 65.9 Å². The van der Waals surface area contributed by atoms with Gasteiger partial charge in [-0.15, -0.1) is 0 Å². The number of hydrogen-bond donors (Lipinski definition) is 0. The highest BCUT2D eigenvalue weighted by Crippen LogP contribution is 2.62. The lowest BCUT2D eigenvalue weighted by atomic mass is 9.89. The Bertz CT molecular complexity index is 712. The Hall–Kier alpha value is -1.91. The van der Waals surface area contributed by atoms with Gasteiger partial charge >= 0.3 is 47.7 Å². The van der Waals surface area contributed by atoms with E-state index in [9.17, 15) is 75.4 Å². The molecule has 0 fully saturated rings. The molecule has 0 aliphatic heterocycles. The molecule has 0 unspecified atom stereocenters. The molecule has 0 N–H and O–H groups in total. The van der Waals surface area contributed by atoms with Gasteiger partial charge in [0.1, 0.15) is 0 Å². The number of halogens is 15. The predicted molar refractivity (Wildman–Crippen MR) is 75.8 cm³/mol. The first kappa shape index (κ1) is 31.1. The minimum absolute atomic E-state index is 0.149. The SMILES string of the molecule is CCOC(=O)CCCCC(=O)C(F)(F)C(F)(F)C(F)(F)C(F)(F)C(F)(F)C(F)(F)C(F)(F)F. The zero-order chi connectivity index (χ0) is 26.9. The van der Waals surface area contributed by atoms with E-state index in [0.29, 0.717) is 0 Å². The number of rotatable bonds is 12. The molecule has 33 heavy (non-hydrogen) atoms. The Morgan fingerprint density at radius 1 is 0.576 bits per heavy atom. The van der Waals surface area contributed by atoms with Gasteiger partial charge in [0.2, 0.25) is 5.78 Å². The predicted octanol–water partition coefficient (Wildman–Crippen LogP) is 6.05. The number of ketones is 1. The minimum Gasteiger partial charge on any atom is -0.466 e. The van der Waals surface area contributed by atoms with Gasteiger partial charge in [0.05, 0.1) is 6.61 Å². The summed E-state index contributed by atoms with van der Waals surface area (Å²) >= 11 is 0. The summed E-state index contributed by atoms with van der Waals surface area (Å²) in [6, 6.07) is 0. The summed E-state index contributed by atoms with van der Waals surface area (Å²) in [6.45, 7) is 1.19. The summed E-state index contributed by atoms with van der Waals surface area (Å²) in [5, 5.41) is 0. The second kappa shape index (κ2) is 9.38. The van der Waals surface area contributed by atoms with Crippen molar-refractivity contribution in [3.8, 4) is 0 Å². The fraction of sp³-hybridized carbons (Fsp3) is 0.867. The highest BCUT2D eigenvalue weighted by atomic mass is 19.4. The highest BCUT2D eigenvalue weighted by Gasteiger charge is 2.93. The molecule has 0 saturated heterocycles. The Balaban J connectivity index is 5.94. The van der Waals surface area contributed by atoms with Crippen LogP contribution in [0.2, 0.25) is 0 Å². The second-order valence-corrected chi connectivity index (χ2v) is 6.38. The minimum atomic E-state index is -8.43. The summed E-state index contributed by atoms with van der Waals surface area (Å²) in [5.74, 6) is -52.2. The number of ether oxygens (including phenoxy) is 1. The zero-order valence-electron chi connectivity index (χ0n) is 15.9. The molecule has 196 valence electrons. The average Bonchev–Trinajstić information content (AvgIpc) is 2.63. The highest BCUT2D eigenvalue weighted by molar-refractivity contribution is 5.87. The third-order valence-electron chi connectivity index (χ3n) is 4.02. The standard InChI is InChI=1S/C15H13F15O3/c1-2-33-8(32)6-4-3-5-7(31)9(16,17)10(18,19)11(20,21)12(22,23)13(24,25)14(26,27)15(28,29)30/h2-6H2,1H3. The summed E-state index contributed by atoms with van der Waals surface area (Å²) in [5.41, 5.74) is 0. The lowest BCUT2D eigenvalue weighted by molar-refractivity contribution is -0.449. The Morgan fingerprint density at radius 2 is 0.939 bits per heavy atom. The summed E-state index contributed by atoms with van der Waals surface area (Å²) in [6.07, 6.45) is -11.6. The van der Waals surface area contributed by atoms with Crippen LogP contribution >= 0.6 is 0 Å². The maximum atomic E-state index is 13.6. The average molecular weight is 526 g/mol. The number of carbonyl (C=O) groups is 2. The van der Waals surface area contributed by atoms with Crippen LogP contribution in [0.1, 0.15) is 32.6 Å². The number of Topliss-reactive ketones (excluding diaryl/α,β-unsaturated/α-hetero) is 1. The molecule has 0 aromatic carbocycles. The fourth-order valence-electron chi connectivity index (χ4n) is 2.09. The van der Waals surface area contributed by atoms with Crippen LogP contribution in [0.5, 0.6) is 0 Å². The van der Waals surface area contributed by atoms with Crippen molar-refractivity contribution < 1.29 is 80.2 Å². The van der Waals surface area contributed by atoms with E-state index in [1.165, 1.54) is 6.92 Å². The first-order valence-electron chi connectivity index (χ1n) is 8.40. The van der Waals surface area contributed by atoms with E-state index < -0.39 is 79.1 Å². The zero-order valence-corrected chi connectivity index (χ0v) is 15.9. The topological polar surface area (TPSA) is 43.4 Å². The van der Waals surface area contributed by atoms with Crippen molar-refractivity contribution in [2.24, 2.45) is 0 Å². The molecule has 0 aliphatic carbocycles. The molecule has 18 heteroatoms. The van der Waals surface area contributed by atoms with Crippen LogP contribution < -0.4 is 0 Å². The van der Waals surface area contributed by atoms with Crippen molar-refractivity contribution in [2.45, 2.75) is 74.3 Å². The van der Waals surface area contributed by atoms with Crippen molar-refractivity contribution in [1.82, 2.24) is 0 Å². The normalized spacial score (nSPS) is 14.9. The van der Waals surface area contributed by atoms with E-state index in [0.717, 1.165) is 0 Å². The summed E-state index contributed by atoms with van der Waals surface area (Å²) in [4.78, 5) is 22.2. The third kappa shape index (κ3) is 5.12. The third-order valence-corrected chi connectivity index (χ3v) is 4.02. The van der Waals surface area contributed by atoms with Gasteiger partial charge in [-0.2, -0.15) is 65.9 Å². The molecule has 0 aromatic rings.